The van der Waals surface area contributed by atoms with E-state index in [2.05, 4.69) is 46.6 Å². The maximum Gasteiger partial charge on any atom is 0.261 e. The summed E-state index contributed by atoms with van der Waals surface area (Å²) in [6.45, 7) is 5.91. The molecule has 3 aromatic rings. The Labute approximate surface area is 185 Å². The van der Waals surface area contributed by atoms with E-state index in [1.165, 1.54) is 37.9 Å². The van der Waals surface area contributed by atoms with Gasteiger partial charge < -0.3 is 10.1 Å². The number of carbonyl (C=O) groups is 1. The first-order valence-electron chi connectivity index (χ1n) is 11.4. The highest BCUT2D eigenvalue weighted by molar-refractivity contribution is 5.84. The van der Waals surface area contributed by atoms with E-state index in [1.807, 2.05) is 37.3 Å². The van der Waals surface area contributed by atoms with Gasteiger partial charge in [0.1, 0.15) is 5.75 Å². The zero-order valence-corrected chi connectivity index (χ0v) is 18.3. The summed E-state index contributed by atoms with van der Waals surface area (Å²) in [5.74, 6) is 0.649. The highest BCUT2D eigenvalue weighted by atomic mass is 16.5. The molecule has 162 valence electrons. The van der Waals surface area contributed by atoms with E-state index in [0.29, 0.717) is 13.0 Å². The number of likely N-dealkylation sites (tertiary alicyclic amines) is 1. The molecule has 3 aromatic carbocycles. The Bertz CT molecular complexity index is 994. The maximum absolute atomic E-state index is 12.7. The van der Waals surface area contributed by atoms with Gasteiger partial charge in [0.15, 0.2) is 6.10 Å². The lowest BCUT2D eigenvalue weighted by Crippen LogP contribution is -2.37. The molecule has 1 atom stereocenters. The number of hydrogen-bond acceptors (Lipinski definition) is 3. The van der Waals surface area contributed by atoms with Gasteiger partial charge in [-0.2, -0.15) is 0 Å². The van der Waals surface area contributed by atoms with E-state index in [9.17, 15) is 4.79 Å². The molecular formula is C27H32N2O2. The topological polar surface area (TPSA) is 41.6 Å². The fourth-order valence-corrected chi connectivity index (χ4v) is 4.17. The van der Waals surface area contributed by atoms with Gasteiger partial charge in [-0.1, -0.05) is 67.9 Å². The lowest BCUT2D eigenvalue weighted by Gasteiger charge is -2.26. The number of ether oxygens (including phenoxy) is 1. The number of piperidine rings is 1. The fourth-order valence-electron chi connectivity index (χ4n) is 4.17. The van der Waals surface area contributed by atoms with Gasteiger partial charge in [-0.15, -0.1) is 0 Å². The standard InChI is InChI=1S/C27H32N2O2/c1-2-26(31-25-15-14-23-8-4-5-9-24(23)18-25)27(30)28-19-21-10-12-22(13-11-21)20-29-16-6-3-7-17-29/h4-5,8-15,18,26H,2-3,6-7,16-17,19-20H2,1H3,(H,28,30). The molecule has 1 aliphatic rings. The molecular weight excluding hydrogens is 384 g/mol. The molecule has 4 heteroatoms. The van der Waals surface area contributed by atoms with Gasteiger partial charge in [-0.3, -0.25) is 9.69 Å². The van der Waals surface area contributed by atoms with E-state index < -0.39 is 6.10 Å². The van der Waals surface area contributed by atoms with E-state index in [-0.39, 0.29) is 5.91 Å². The van der Waals surface area contributed by atoms with Crippen molar-refractivity contribution in [1.29, 1.82) is 0 Å². The fraction of sp³-hybridized carbons (Fsp3) is 0.370. The number of nitrogens with one attached hydrogen (secondary N) is 1. The zero-order valence-electron chi connectivity index (χ0n) is 18.3. The number of rotatable bonds is 8. The van der Waals surface area contributed by atoms with E-state index in [1.54, 1.807) is 0 Å². The Balaban J connectivity index is 1.30. The molecule has 31 heavy (non-hydrogen) atoms. The van der Waals surface area contributed by atoms with E-state index >= 15 is 0 Å². The van der Waals surface area contributed by atoms with Crippen molar-refractivity contribution in [2.24, 2.45) is 0 Å². The zero-order chi connectivity index (χ0) is 21.5. The van der Waals surface area contributed by atoms with Crippen molar-refractivity contribution in [1.82, 2.24) is 10.2 Å². The molecule has 1 aliphatic heterocycles. The van der Waals surface area contributed by atoms with Crippen molar-refractivity contribution in [3.63, 3.8) is 0 Å². The minimum atomic E-state index is -0.500. The van der Waals surface area contributed by atoms with Crippen LogP contribution in [0.5, 0.6) is 5.75 Å². The van der Waals surface area contributed by atoms with Crippen LogP contribution in [-0.2, 0) is 17.9 Å². The highest BCUT2D eigenvalue weighted by Gasteiger charge is 2.18. The van der Waals surface area contributed by atoms with Crippen molar-refractivity contribution in [3.8, 4) is 5.75 Å². The van der Waals surface area contributed by atoms with Crippen LogP contribution in [0.3, 0.4) is 0 Å². The Hall–Kier alpha value is -2.85. The summed E-state index contributed by atoms with van der Waals surface area (Å²) in [6, 6.07) is 22.7. The lowest BCUT2D eigenvalue weighted by molar-refractivity contribution is -0.128. The summed E-state index contributed by atoms with van der Waals surface area (Å²) >= 11 is 0. The maximum atomic E-state index is 12.7. The van der Waals surface area contributed by atoms with Crippen molar-refractivity contribution in [2.45, 2.75) is 51.8 Å². The minimum Gasteiger partial charge on any atom is -0.481 e. The molecule has 1 amide bonds. The number of benzene rings is 3. The second-order valence-corrected chi connectivity index (χ2v) is 8.39. The SMILES string of the molecule is CCC(Oc1ccc2ccccc2c1)C(=O)NCc1ccc(CN2CCCCC2)cc1. The van der Waals surface area contributed by atoms with Gasteiger partial charge in [0, 0.05) is 13.1 Å². The van der Waals surface area contributed by atoms with Crippen LogP contribution in [0.15, 0.2) is 66.7 Å². The summed E-state index contributed by atoms with van der Waals surface area (Å²) in [7, 11) is 0. The van der Waals surface area contributed by atoms with Crippen LogP contribution in [0.4, 0.5) is 0 Å². The molecule has 0 aliphatic carbocycles. The third-order valence-electron chi connectivity index (χ3n) is 6.01. The smallest absolute Gasteiger partial charge is 0.261 e. The van der Waals surface area contributed by atoms with Crippen molar-refractivity contribution < 1.29 is 9.53 Å². The van der Waals surface area contributed by atoms with Crippen LogP contribution in [0.25, 0.3) is 10.8 Å². The Morgan fingerprint density at radius 1 is 0.935 bits per heavy atom. The number of carbonyl (C=O) groups excluding carboxylic acids is 1. The summed E-state index contributed by atoms with van der Waals surface area (Å²) in [5.41, 5.74) is 2.44. The van der Waals surface area contributed by atoms with Crippen LogP contribution in [0.2, 0.25) is 0 Å². The van der Waals surface area contributed by atoms with Crippen molar-refractivity contribution >= 4 is 16.7 Å². The summed E-state index contributed by atoms with van der Waals surface area (Å²) in [5, 5.41) is 5.31. The van der Waals surface area contributed by atoms with Gasteiger partial charge in [0.25, 0.3) is 5.91 Å². The molecule has 4 rings (SSSR count). The molecule has 0 bridgehead atoms. The van der Waals surface area contributed by atoms with Gasteiger partial charge in [-0.05, 0) is 66.4 Å². The molecule has 0 spiro atoms. The third-order valence-corrected chi connectivity index (χ3v) is 6.01. The second kappa shape index (κ2) is 10.5. The van der Waals surface area contributed by atoms with Gasteiger partial charge in [-0.25, -0.2) is 0 Å². The van der Waals surface area contributed by atoms with Crippen LogP contribution in [0.1, 0.15) is 43.7 Å². The largest absolute Gasteiger partial charge is 0.481 e. The Kier molecular flexibility index (Phi) is 7.21. The molecule has 1 unspecified atom stereocenters. The monoisotopic (exact) mass is 416 g/mol. The number of hydrogen-bond donors (Lipinski definition) is 1. The van der Waals surface area contributed by atoms with Crippen LogP contribution < -0.4 is 10.1 Å². The predicted octanol–water partition coefficient (Wildman–Crippen LogP) is 5.30. The number of nitrogens with zero attached hydrogens (tertiary/aromatic N) is 1. The molecule has 1 N–H and O–H groups in total. The minimum absolute atomic E-state index is 0.0759. The van der Waals surface area contributed by atoms with Gasteiger partial charge in [0.2, 0.25) is 0 Å². The Morgan fingerprint density at radius 2 is 1.65 bits per heavy atom. The van der Waals surface area contributed by atoms with Crippen LogP contribution in [-0.4, -0.2) is 30.0 Å². The first-order valence-corrected chi connectivity index (χ1v) is 11.4. The molecule has 0 radical (unpaired) electrons. The van der Waals surface area contributed by atoms with Gasteiger partial charge in [0.05, 0.1) is 0 Å². The number of fused-ring (bicyclic) bond motifs is 1. The van der Waals surface area contributed by atoms with Crippen LogP contribution in [0, 0.1) is 0 Å². The second-order valence-electron chi connectivity index (χ2n) is 8.39. The molecule has 1 fully saturated rings. The van der Waals surface area contributed by atoms with Crippen molar-refractivity contribution in [2.75, 3.05) is 13.1 Å². The molecule has 1 saturated heterocycles. The van der Waals surface area contributed by atoms with E-state index in [4.69, 9.17) is 4.74 Å². The average Bonchev–Trinajstić information content (AvgIpc) is 2.82. The van der Waals surface area contributed by atoms with Crippen molar-refractivity contribution in [3.05, 3.63) is 77.9 Å². The predicted molar refractivity (Wildman–Crippen MR) is 126 cm³/mol. The summed E-state index contributed by atoms with van der Waals surface area (Å²) < 4.78 is 6.01. The lowest BCUT2D eigenvalue weighted by atomic mass is 10.1. The Morgan fingerprint density at radius 3 is 2.39 bits per heavy atom. The molecule has 1 heterocycles. The first-order chi connectivity index (χ1) is 15.2. The molecule has 0 aromatic heterocycles. The van der Waals surface area contributed by atoms with Gasteiger partial charge >= 0.3 is 0 Å². The molecule has 0 saturated carbocycles. The van der Waals surface area contributed by atoms with Crippen LogP contribution >= 0.6 is 0 Å². The summed E-state index contributed by atoms with van der Waals surface area (Å²) in [6.07, 6.45) is 4.10. The highest BCUT2D eigenvalue weighted by Crippen LogP contribution is 2.22. The van der Waals surface area contributed by atoms with E-state index in [0.717, 1.165) is 28.6 Å². The number of amides is 1. The third kappa shape index (κ3) is 5.86. The normalized spacial score (nSPS) is 15.5. The summed E-state index contributed by atoms with van der Waals surface area (Å²) in [4.78, 5) is 15.2. The molecule has 4 nitrogen and oxygen atoms in total. The first kappa shape index (κ1) is 21.4. The average molecular weight is 417 g/mol. The quantitative estimate of drug-likeness (QED) is 0.542.